The van der Waals surface area contributed by atoms with Gasteiger partial charge in [-0.1, -0.05) is 18.2 Å². The highest BCUT2D eigenvalue weighted by atomic mass is 32.2. The number of sulfone groups is 1. The largest absolute Gasteiger partial charge is 0.223 e. The van der Waals surface area contributed by atoms with Crippen molar-refractivity contribution in [3.05, 3.63) is 30.3 Å². The minimum absolute atomic E-state index is 0.0795. The number of hydrogen-bond acceptors (Lipinski definition) is 4. The number of fused-ring (bicyclic) bond motifs is 2. The predicted molar refractivity (Wildman–Crippen MR) is 84.8 cm³/mol. The van der Waals surface area contributed by atoms with E-state index in [1.54, 1.807) is 41.6 Å². The molecule has 1 aromatic carbocycles. The number of benzene rings is 1. The summed E-state index contributed by atoms with van der Waals surface area (Å²) in [7, 11) is -6.64. The molecule has 2 aliphatic rings. The molecule has 2 heterocycles. The maximum atomic E-state index is 12.8. The average molecular weight is 343 g/mol. The van der Waals surface area contributed by atoms with Gasteiger partial charge in [0.25, 0.3) is 0 Å². The fraction of sp³-hybridized carbons (Fsp3) is 0.600. The van der Waals surface area contributed by atoms with Crippen LogP contribution in [0.15, 0.2) is 35.2 Å². The highest BCUT2D eigenvalue weighted by Gasteiger charge is 2.49. The third-order valence-corrected chi connectivity index (χ3v) is 8.98. The van der Waals surface area contributed by atoms with Crippen molar-refractivity contribution in [1.29, 1.82) is 0 Å². The first kappa shape index (κ1) is 16.0. The molecule has 2 unspecified atom stereocenters. The van der Waals surface area contributed by atoms with Gasteiger partial charge in [-0.15, -0.1) is 0 Å². The summed E-state index contributed by atoms with van der Waals surface area (Å²) >= 11 is 0. The average Bonchev–Trinajstić information content (AvgIpc) is 2.79. The Labute approximate surface area is 132 Å². The first-order chi connectivity index (χ1) is 10.4. The number of nitrogens with zero attached hydrogens (tertiary/aromatic N) is 1. The number of rotatable bonds is 4. The summed E-state index contributed by atoms with van der Waals surface area (Å²) in [5.74, 6) is 0.0795. The van der Waals surface area contributed by atoms with E-state index in [0.717, 1.165) is 12.8 Å². The zero-order valence-electron chi connectivity index (χ0n) is 12.6. The van der Waals surface area contributed by atoms with Crippen molar-refractivity contribution in [3.8, 4) is 0 Å². The second kappa shape index (κ2) is 5.62. The molecular weight excluding hydrogens is 322 g/mol. The van der Waals surface area contributed by atoms with Crippen molar-refractivity contribution in [2.75, 3.05) is 5.75 Å². The molecule has 2 bridgehead atoms. The topological polar surface area (TPSA) is 71.5 Å². The van der Waals surface area contributed by atoms with Gasteiger partial charge in [0.15, 0.2) is 9.84 Å². The quantitative estimate of drug-likeness (QED) is 0.836. The Hall–Kier alpha value is -0.920. The first-order valence-corrected chi connectivity index (χ1v) is 10.8. The van der Waals surface area contributed by atoms with Crippen LogP contribution in [0.2, 0.25) is 0 Å². The van der Waals surface area contributed by atoms with Crippen molar-refractivity contribution in [1.82, 2.24) is 4.31 Å². The molecule has 0 aliphatic carbocycles. The van der Waals surface area contributed by atoms with Crippen molar-refractivity contribution in [3.63, 3.8) is 0 Å². The molecule has 2 fully saturated rings. The zero-order valence-corrected chi connectivity index (χ0v) is 14.2. The summed E-state index contributed by atoms with van der Waals surface area (Å²) in [5.41, 5.74) is 0. The summed E-state index contributed by atoms with van der Waals surface area (Å²) in [6.07, 6.45) is 2.36. The van der Waals surface area contributed by atoms with E-state index in [1.807, 2.05) is 0 Å². The van der Waals surface area contributed by atoms with Gasteiger partial charge in [0.1, 0.15) is 0 Å². The van der Waals surface area contributed by atoms with Gasteiger partial charge in [0.05, 0.1) is 15.9 Å². The smallest absolute Gasteiger partial charge is 0.214 e. The molecule has 3 rings (SSSR count). The third kappa shape index (κ3) is 2.59. The lowest BCUT2D eigenvalue weighted by Crippen LogP contribution is -2.50. The molecule has 0 N–H and O–H groups in total. The predicted octanol–water partition coefficient (Wildman–Crippen LogP) is 1.81. The number of piperidine rings is 1. The molecule has 0 saturated carbocycles. The molecule has 7 heteroatoms. The van der Waals surface area contributed by atoms with E-state index in [1.165, 1.54) is 0 Å². The van der Waals surface area contributed by atoms with Gasteiger partial charge in [0.2, 0.25) is 10.0 Å². The van der Waals surface area contributed by atoms with Gasteiger partial charge in [0, 0.05) is 12.1 Å². The minimum Gasteiger partial charge on any atom is -0.223 e. The second-order valence-electron chi connectivity index (χ2n) is 6.07. The lowest BCUT2D eigenvalue weighted by Gasteiger charge is -2.37. The van der Waals surface area contributed by atoms with Gasteiger partial charge in [-0.05, 0) is 44.7 Å². The fourth-order valence-corrected chi connectivity index (χ4v) is 7.21. The van der Waals surface area contributed by atoms with Gasteiger partial charge in [-0.2, -0.15) is 4.31 Å². The maximum Gasteiger partial charge on any atom is 0.214 e. The number of hydrogen-bond donors (Lipinski definition) is 0. The summed E-state index contributed by atoms with van der Waals surface area (Å²) in [5, 5.41) is -0.476. The standard InChI is InChI=1S/C15H21NO4S2/c1-2-21(17,18)16-12-8-9-13(16)11-15(10-12)22(19,20)14-6-4-3-5-7-14/h3-7,12-13,15H,2,8-11H2,1H3. The van der Waals surface area contributed by atoms with Crippen LogP contribution in [-0.2, 0) is 19.9 Å². The number of sulfonamides is 1. The molecule has 0 spiro atoms. The highest BCUT2D eigenvalue weighted by Crippen LogP contribution is 2.41. The summed E-state index contributed by atoms with van der Waals surface area (Å²) in [6, 6.07) is 8.15. The highest BCUT2D eigenvalue weighted by molar-refractivity contribution is 7.92. The third-order valence-electron chi connectivity index (χ3n) is 4.82. The monoisotopic (exact) mass is 343 g/mol. The molecule has 0 radical (unpaired) electrons. The Morgan fingerprint density at radius 3 is 2.05 bits per heavy atom. The Morgan fingerprint density at radius 2 is 1.55 bits per heavy atom. The molecule has 2 atom stereocenters. The molecule has 1 aromatic rings. The van der Waals surface area contributed by atoms with Crippen LogP contribution in [0.25, 0.3) is 0 Å². The SMILES string of the molecule is CCS(=O)(=O)N1C2CCC1CC(S(=O)(=O)c1ccccc1)C2. The van der Waals surface area contributed by atoms with Crippen LogP contribution in [0.4, 0.5) is 0 Å². The Balaban J connectivity index is 1.88. The van der Waals surface area contributed by atoms with Crippen molar-refractivity contribution < 1.29 is 16.8 Å². The van der Waals surface area contributed by atoms with Crippen LogP contribution in [0, 0.1) is 0 Å². The molecule has 122 valence electrons. The van der Waals surface area contributed by atoms with E-state index in [4.69, 9.17) is 0 Å². The van der Waals surface area contributed by atoms with Crippen LogP contribution in [0.3, 0.4) is 0 Å². The van der Waals surface area contributed by atoms with Gasteiger partial charge < -0.3 is 0 Å². The van der Waals surface area contributed by atoms with E-state index in [9.17, 15) is 16.8 Å². The van der Waals surface area contributed by atoms with Crippen molar-refractivity contribution in [2.45, 2.75) is 54.8 Å². The van der Waals surface area contributed by atoms with Crippen LogP contribution < -0.4 is 0 Å². The lowest BCUT2D eigenvalue weighted by molar-refractivity contribution is 0.249. The molecule has 0 aromatic heterocycles. The molecule has 5 nitrogen and oxygen atoms in total. The van der Waals surface area contributed by atoms with Crippen LogP contribution in [0.5, 0.6) is 0 Å². The fourth-order valence-electron chi connectivity index (χ4n) is 3.74. The van der Waals surface area contributed by atoms with E-state index in [2.05, 4.69) is 0 Å². The van der Waals surface area contributed by atoms with Crippen molar-refractivity contribution in [2.24, 2.45) is 0 Å². The normalized spacial score (nSPS) is 29.6. The van der Waals surface area contributed by atoms with Gasteiger partial charge >= 0.3 is 0 Å². The summed E-state index contributed by atoms with van der Waals surface area (Å²) in [4.78, 5) is 0.339. The van der Waals surface area contributed by atoms with E-state index >= 15 is 0 Å². The Kier molecular flexibility index (Phi) is 4.07. The first-order valence-electron chi connectivity index (χ1n) is 7.66. The second-order valence-corrected chi connectivity index (χ2v) is 10.5. The van der Waals surface area contributed by atoms with Crippen LogP contribution in [-0.4, -0.2) is 44.2 Å². The molecular formula is C15H21NO4S2. The molecule has 2 saturated heterocycles. The Bertz CT molecular complexity index is 729. The Morgan fingerprint density at radius 1 is 1.00 bits per heavy atom. The molecule has 22 heavy (non-hydrogen) atoms. The lowest BCUT2D eigenvalue weighted by atomic mass is 10.1. The maximum absolute atomic E-state index is 12.8. The van der Waals surface area contributed by atoms with Gasteiger partial charge in [-0.25, -0.2) is 16.8 Å². The van der Waals surface area contributed by atoms with E-state index in [-0.39, 0.29) is 17.8 Å². The summed E-state index contributed by atoms with van der Waals surface area (Å²) in [6.45, 7) is 1.64. The van der Waals surface area contributed by atoms with E-state index < -0.39 is 25.1 Å². The molecule has 0 amide bonds. The summed E-state index contributed by atoms with van der Waals surface area (Å²) < 4.78 is 51.6. The zero-order chi connectivity index (χ0) is 16.0. The van der Waals surface area contributed by atoms with Crippen LogP contribution in [0.1, 0.15) is 32.6 Å². The van der Waals surface area contributed by atoms with Crippen molar-refractivity contribution >= 4 is 19.9 Å². The van der Waals surface area contributed by atoms with Gasteiger partial charge in [-0.3, -0.25) is 0 Å². The minimum atomic E-state index is -3.39. The molecule has 2 aliphatic heterocycles. The van der Waals surface area contributed by atoms with E-state index in [0.29, 0.717) is 17.7 Å². The van der Waals surface area contributed by atoms with Crippen LogP contribution >= 0.6 is 0 Å².